The molecule has 0 saturated carbocycles. The molecular formula is C15H20ClN3O3. The van der Waals surface area contributed by atoms with Crippen LogP contribution < -0.4 is 10.6 Å². The van der Waals surface area contributed by atoms with Gasteiger partial charge in [0, 0.05) is 23.7 Å². The number of nitrogens with one attached hydrogen (secondary N) is 2. The second-order valence-corrected chi connectivity index (χ2v) is 6.66. The van der Waals surface area contributed by atoms with Gasteiger partial charge in [-0.25, -0.2) is 0 Å². The molecule has 1 saturated heterocycles. The monoisotopic (exact) mass is 325 g/mol. The second-order valence-electron chi connectivity index (χ2n) is 6.23. The fraction of sp³-hybridized carbons (Fsp3) is 0.533. The molecule has 2 rings (SSSR count). The predicted molar refractivity (Wildman–Crippen MR) is 85.2 cm³/mol. The van der Waals surface area contributed by atoms with Gasteiger partial charge < -0.3 is 10.6 Å². The molecule has 0 aliphatic carbocycles. The number of nitro benzene ring substituents is 1. The van der Waals surface area contributed by atoms with Crippen molar-refractivity contribution in [2.24, 2.45) is 5.41 Å². The van der Waals surface area contributed by atoms with Gasteiger partial charge in [-0.1, -0.05) is 25.4 Å². The zero-order valence-electron chi connectivity index (χ0n) is 12.7. The molecule has 1 atom stereocenters. The van der Waals surface area contributed by atoms with Crippen LogP contribution in [0.3, 0.4) is 0 Å². The van der Waals surface area contributed by atoms with Crippen molar-refractivity contribution in [1.29, 1.82) is 0 Å². The van der Waals surface area contributed by atoms with Gasteiger partial charge in [-0.2, -0.15) is 0 Å². The van der Waals surface area contributed by atoms with Crippen LogP contribution in [0.25, 0.3) is 0 Å². The molecule has 1 heterocycles. The lowest BCUT2D eigenvalue weighted by Gasteiger charge is -2.39. The van der Waals surface area contributed by atoms with Gasteiger partial charge in [0.25, 0.3) is 11.6 Å². The van der Waals surface area contributed by atoms with E-state index in [2.05, 4.69) is 24.5 Å². The number of rotatable bonds is 4. The van der Waals surface area contributed by atoms with Gasteiger partial charge in [0.2, 0.25) is 0 Å². The second kappa shape index (κ2) is 6.62. The van der Waals surface area contributed by atoms with Crippen LogP contribution in [0, 0.1) is 15.5 Å². The molecule has 0 aromatic heterocycles. The van der Waals surface area contributed by atoms with Crippen molar-refractivity contribution in [2.75, 3.05) is 13.1 Å². The number of halogens is 1. The van der Waals surface area contributed by atoms with Crippen molar-refractivity contribution in [3.05, 3.63) is 38.9 Å². The first kappa shape index (κ1) is 16.7. The Hall–Kier alpha value is -1.66. The SMILES string of the molecule is CC1(C)CCCNC1CNC(=O)c1ccc(Cl)cc1[N+](=O)[O-]. The average molecular weight is 326 g/mol. The Kier molecular flexibility index (Phi) is 5.03. The van der Waals surface area contributed by atoms with Gasteiger partial charge in [-0.15, -0.1) is 0 Å². The molecule has 1 unspecified atom stereocenters. The Morgan fingerprint density at radius 1 is 1.55 bits per heavy atom. The number of nitrogens with zero attached hydrogens (tertiary/aromatic N) is 1. The number of amides is 1. The van der Waals surface area contributed by atoms with Gasteiger partial charge in [-0.05, 0) is 36.9 Å². The standard InChI is InChI=1S/C15H20ClN3O3/c1-15(2)6-3-7-17-13(15)9-18-14(20)11-5-4-10(16)8-12(11)19(21)22/h4-5,8,13,17H,3,6-7,9H2,1-2H3,(H,18,20). The molecule has 1 aromatic rings. The average Bonchev–Trinajstić information content (AvgIpc) is 2.45. The van der Waals surface area contributed by atoms with Crippen molar-refractivity contribution in [3.8, 4) is 0 Å². The summed E-state index contributed by atoms with van der Waals surface area (Å²) in [6, 6.07) is 4.21. The molecule has 1 aliphatic rings. The molecule has 7 heteroatoms. The van der Waals surface area contributed by atoms with E-state index in [4.69, 9.17) is 11.6 Å². The van der Waals surface area contributed by atoms with Crippen LogP contribution in [0.2, 0.25) is 5.02 Å². The molecule has 6 nitrogen and oxygen atoms in total. The van der Waals surface area contributed by atoms with Crippen LogP contribution in [0.15, 0.2) is 18.2 Å². The lowest BCUT2D eigenvalue weighted by Crippen LogP contribution is -2.52. The third-order valence-electron chi connectivity index (χ3n) is 4.20. The van der Waals surface area contributed by atoms with Gasteiger partial charge in [-0.3, -0.25) is 14.9 Å². The first-order valence-corrected chi connectivity index (χ1v) is 7.64. The van der Waals surface area contributed by atoms with E-state index in [1.165, 1.54) is 18.2 Å². The fourth-order valence-electron chi connectivity index (χ4n) is 2.76. The molecule has 1 amide bonds. The summed E-state index contributed by atoms with van der Waals surface area (Å²) in [6.45, 7) is 5.66. The summed E-state index contributed by atoms with van der Waals surface area (Å²) in [5, 5.41) is 17.5. The molecule has 0 spiro atoms. The van der Waals surface area contributed by atoms with E-state index >= 15 is 0 Å². The minimum atomic E-state index is -0.594. The summed E-state index contributed by atoms with van der Waals surface area (Å²) >= 11 is 5.76. The van der Waals surface area contributed by atoms with E-state index in [9.17, 15) is 14.9 Å². The Labute approximate surface area is 134 Å². The van der Waals surface area contributed by atoms with Crippen LogP contribution in [-0.2, 0) is 0 Å². The number of nitro groups is 1. The molecule has 1 aromatic carbocycles. The van der Waals surface area contributed by atoms with E-state index in [-0.39, 0.29) is 27.7 Å². The molecule has 22 heavy (non-hydrogen) atoms. The van der Waals surface area contributed by atoms with Crippen molar-refractivity contribution in [3.63, 3.8) is 0 Å². The number of hydrogen-bond acceptors (Lipinski definition) is 4. The maximum Gasteiger partial charge on any atom is 0.283 e. The summed E-state index contributed by atoms with van der Waals surface area (Å²) < 4.78 is 0. The van der Waals surface area contributed by atoms with Crippen LogP contribution in [0.4, 0.5) is 5.69 Å². The maximum atomic E-state index is 12.2. The van der Waals surface area contributed by atoms with Crippen LogP contribution in [0.5, 0.6) is 0 Å². The van der Waals surface area contributed by atoms with Crippen LogP contribution in [-0.4, -0.2) is 30.0 Å². The van der Waals surface area contributed by atoms with E-state index in [1.54, 1.807) is 0 Å². The molecule has 0 bridgehead atoms. The third kappa shape index (κ3) is 3.75. The predicted octanol–water partition coefficient (Wildman–Crippen LogP) is 2.76. The summed E-state index contributed by atoms with van der Waals surface area (Å²) in [4.78, 5) is 22.7. The first-order chi connectivity index (χ1) is 10.3. The zero-order chi connectivity index (χ0) is 16.3. The highest BCUT2D eigenvalue weighted by Gasteiger charge is 2.32. The van der Waals surface area contributed by atoms with Gasteiger partial charge in [0.05, 0.1) is 4.92 Å². The Morgan fingerprint density at radius 2 is 2.27 bits per heavy atom. The summed E-state index contributed by atoms with van der Waals surface area (Å²) in [7, 11) is 0. The summed E-state index contributed by atoms with van der Waals surface area (Å²) in [5.74, 6) is -0.452. The number of carbonyl (C=O) groups is 1. The normalized spacial score (nSPS) is 20.4. The molecule has 1 aliphatic heterocycles. The van der Waals surface area contributed by atoms with E-state index < -0.39 is 10.8 Å². The highest BCUT2D eigenvalue weighted by molar-refractivity contribution is 6.31. The van der Waals surface area contributed by atoms with Crippen molar-refractivity contribution in [2.45, 2.75) is 32.7 Å². The quantitative estimate of drug-likeness (QED) is 0.658. The fourth-order valence-corrected chi connectivity index (χ4v) is 2.92. The number of benzene rings is 1. The zero-order valence-corrected chi connectivity index (χ0v) is 13.4. The van der Waals surface area contributed by atoms with Crippen LogP contribution >= 0.6 is 11.6 Å². The molecular weight excluding hydrogens is 306 g/mol. The first-order valence-electron chi connectivity index (χ1n) is 7.27. The minimum absolute atomic E-state index is 0.0306. The Bertz CT molecular complexity index is 589. The summed E-state index contributed by atoms with van der Waals surface area (Å²) in [6.07, 6.45) is 2.20. The van der Waals surface area contributed by atoms with E-state index in [1.807, 2.05) is 0 Å². The van der Waals surface area contributed by atoms with Gasteiger partial charge in [0.1, 0.15) is 5.56 Å². The van der Waals surface area contributed by atoms with E-state index in [0.717, 1.165) is 19.4 Å². The number of piperidine rings is 1. The highest BCUT2D eigenvalue weighted by Crippen LogP contribution is 2.30. The van der Waals surface area contributed by atoms with Crippen molar-refractivity contribution >= 4 is 23.2 Å². The maximum absolute atomic E-state index is 12.2. The minimum Gasteiger partial charge on any atom is -0.350 e. The van der Waals surface area contributed by atoms with Crippen molar-refractivity contribution in [1.82, 2.24) is 10.6 Å². The summed E-state index contributed by atoms with van der Waals surface area (Å²) in [5.41, 5.74) is -0.166. The smallest absolute Gasteiger partial charge is 0.283 e. The molecule has 0 radical (unpaired) electrons. The van der Waals surface area contributed by atoms with Gasteiger partial charge in [0.15, 0.2) is 0 Å². The lowest BCUT2D eigenvalue weighted by atomic mass is 9.77. The van der Waals surface area contributed by atoms with Crippen LogP contribution in [0.1, 0.15) is 37.0 Å². The van der Waals surface area contributed by atoms with Gasteiger partial charge >= 0.3 is 0 Å². The molecule has 2 N–H and O–H groups in total. The largest absolute Gasteiger partial charge is 0.350 e. The molecule has 120 valence electrons. The van der Waals surface area contributed by atoms with Crippen molar-refractivity contribution < 1.29 is 9.72 Å². The highest BCUT2D eigenvalue weighted by atomic mass is 35.5. The Morgan fingerprint density at radius 3 is 2.91 bits per heavy atom. The third-order valence-corrected chi connectivity index (χ3v) is 4.43. The molecule has 1 fully saturated rings. The lowest BCUT2D eigenvalue weighted by molar-refractivity contribution is -0.385. The topological polar surface area (TPSA) is 84.3 Å². The van der Waals surface area contributed by atoms with E-state index in [0.29, 0.717) is 6.54 Å². The Balaban J connectivity index is 2.08. The number of hydrogen-bond donors (Lipinski definition) is 2. The number of carbonyl (C=O) groups excluding carboxylic acids is 1.